The van der Waals surface area contributed by atoms with Crippen molar-refractivity contribution in [3.05, 3.63) is 0 Å². The lowest BCUT2D eigenvalue weighted by molar-refractivity contribution is -0.137. The van der Waals surface area contributed by atoms with Crippen molar-refractivity contribution >= 4 is 28.3 Å². The second-order valence-corrected chi connectivity index (χ2v) is 7.10. The topological polar surface area (TPSA) is 83.7 Å². The monoisotopic (exact) mass is 313 g/mol. The van der Waals surface area contributed by atoms with E-state index in [4.69, 9.17) is 5.73 Å². The van der Waals surface area contributed by atoms with Gasteiger partial charge >= 0.3 is 0 Å². The molecule has 0 bridgehead atoms. The Morgan fingerprint density at radius 3 is 2.11 bits per heavy atom. The van der Waals surface area contributed by atoms with Crippen LogP contribution in [0.1, 0.15) is 26.7 Å². The lowest BCUT2D eigenvalue weighted by Gasteiger charge is -2.37. The highest BCUT2D eigenvalue weighted by Crippen LogP contribution is 2.15. The first-order chi connectivity index (χ1) is 8.18. The number of amides is 1. The first-order valence-electron chi connectivity index (χ1n) is 6.22. The Kier molecular flexibility index (Phi) is 6.74. The molecule has 1 saturated heterocycles. The second-order valence-electron chi connectivity index (χ2n) is 5.12. The summed E-state index contributed by atoms with van der Waals surface area (Å²) in [6.45, 7) is 5.27. The maximum absolute atomic E-state index is 12.2. The fourth-order valence-corrected chi connectivity index (χ4v) is 3.04. The van der Waals surface area contributed by atoms with Gasteiger partial charge in [0.25, 0.3) is 0 Å². The molecule has 6 nitrogen and oxygen atoms in total. The first kappa shape index (κ1) is 18.6. The summed E-state index contributed by atoms with van der Waals surface area (Å²) in [6, 6.07) is 0. The number of sulfonamides is 1. The van der Waals surface area contributed by atoms with E-state index in [0.717, 1.165) is 6.42 Å². The summed E-state index contributed by atoms with van der Waals surface area (Å²) in [5.41, 5.74) is 5.15. The molecule has 0 aromatic carbocycles. The third kappa shape index (κ3) is 4.91. The summed E-state index contributed by atoms with van der Waals surface area (Å²) in [5, 5.41) is 0. The van der Waals surface area contributed by atoms with Crippen LogP contribution in [0.25, 0.3) is 0 Å². The number of carbonyl (C=O) groups excluding carboxylic acids is 1. The smallest absolute Gasteiger partial charge is 0.242 e. The van der Waals surface area contributed by atoms with Gasteiger partial charge < -0.3 is 10.6 Å². The van der Waals surface area contributed by atoms with Gasteiger partial charge in [0.2, 0.25) is 15.9 Å². The second kappa shape index (κ2) is 6.88. The molecular formula is C11H24ClN3O3S. The molecule has 2 N–H and O–H groups in total. The zero-order chi connectivity index (χ0) is 14.0. The van der Waals surface area contributed by atoms with Crippen LogP contribution in [0.3, 0.4) is 0 Å². The minimum absolute atomic E-state index is 0. The molecule has 114 valence electrons. The number of halogens is 1. The van der Waals surface area contributed by atoms with Crippen molar-refractivity contribution < 1.29 is 13.2 Å². The van der Waals surface area contributed by atoms with E-state index in [-0.39, 0.29) is 18.3 Å². The van der Waals surface area contributed by atoms with E-state index in [2.05, 4.69) is 0 Å². The predicted octanol–water partition coefficient (Wildman–Crippen LogP) is 0.0295. The maximum Gasteiger partial charge on any atom is 0.242 e. The SMILES string of the molecule is CCCC(C)(N)C(=O)N1CCN(S(C)(=O)=O)CC1.Cl. The van der Waals surface area contributed by atoms with E-state index in [0.29, 0.717) is 32.6 Å². The molecule has 1 heterocycles. The van der Waals surface area contributed by atoms with Gasteiger partial charge in [-0.3, -0.25) is 4.79 Å². The molecule has 1 amide bonds. The zero-order valence-electron chi connectivity index (χ0n) is 11.8. The zero-order valence-corrected chi connectivity index (χ0v) is 13.4. The van der Waals surface area contributed by atoms with Crippen LogP contribution in [0.4, 0.5) is 0 Å². The summed E-state index contributed by atoms with van der Waals surface area (Å²) >= 11 is 0. The van der Waals surface area contributed by atoms with Gasteiger partial charge in [-0.25, -0.2) is 8.42 Å². The van der Waals surface area contributed by atoms with Gasteiger partial charge in [-0.1, -0.05) is 13.3 Å². The molecule has 0 saturated carbocycles. The summed E-state index contributed by atoms with van der Waals surface area (Å²) in [4.78, 5) is 13.9. The highest BCUT2D eigenvalue weighted by molar-refractivity contribution is 7.88. The molecule has 1 unspecified atom stereocenters. The van der Waals surface area contributed by atoms with Crippen molar-refractivity contribution in [2.45, 2.75) is 32.2 Å². The first-order valence-corrected chi connectivity index (χ1v) is 8.06. The highest BCUT2D eigenvalue weighted by Gasteiger charge is 2.34. The van der Waals surface area contributed by atoms with Gasteiger partial charge in [0.1, 0.15) is 0 Å². The van der Waals surface area contributed by atoms with E-state index >= 15 is 0 Å². The van der Waals surface area contributed by atoms with Crippen LogP contribution in [0.5, 0.6) is 0 Å². The van der Waals surface area contributed by atoms with Crippen molar-refractivity contribution in [1.29, 1.82) is 0 Å². The number of rotatable bonds is 4. The average molecular weight is 314 g/mol. The van der Waals surface area contributed by atoms with Crippen LogP contribution >= 0.6 is 12.4 Å². The van der Waals surface area contributed by atoms with E-state index < -0.39 is 15.6 Å². The number of nitrogens with zero attached hydrogens (tertiary/aromatic N) is 2. The van der Waals surface area contributed by atoms with Crippen LogP contribution in [-0.2, 0) is 14.8 Å². The van der Waals surface area contributed by atoms with E-state index in [1.165, 1.54) is 10.6 Å². The van der Waals surface area contributed by atoms with Crippen LogP contribution in [0.15, 0.2) is 0 Å². The molecule has 1 atom stereocenters. The Balaban J connectivity index is 0.00000324. The van der Waals surface area contributed by atoms with Crippen molar-refractivity contribution in [1.82, 2.24) is 9.21 Å². The Morgan fingerprint density at radius 1 is 1.26 bits per heavy atom. The van der Waals surface area contributed by atoms with E-state index in [1.54, 1.807) is 11.8 Å². The van der Waals surface area contributed by atoms with Crippen molar-refractivity contribution in [2.24, 2.45) is 5.73 Å². The van der Waals surface area contributed by atoms with Crippen molar-refractivity contribution in [3.63, 3.8) is 0 Å². The van der Waals surface area contributed by atoms with Crippen LogP contribution in [0.2, 0.25) is 0 Å². The van der Waals surface area contributed by atoms with Gasteiger partial charge in [0, 0.05) is 26.2 Å². The Bertz CT molecular complexity index is 403. The molecule has 8 heteroatoms. The molecule has 1 rings (SSSR count). The molecule has 0 aromatic rings. The van der Waals surface area contributed by atoms with Crippen molar-refractivity contribution in [3.8, 4) is 0 Å². The lowest BCUT2D eigenvalue weighted by atomic mass is 9.95. The molecule has 0 spiro atoms. The predicted molar refractivity (Wildman–Crippen MR) is 77.7 cm³/mol. The molecule has 19 heavy (non-hydrogen) atoms. The van der Waals surface area contributed by atoms with E-state index in [9.17, 15) is 13.2 Å². The molecule has 0 aliphatic carbocycles. The summed E-state index contributed by atoms with van der Waals surface area (Å²) in [6.07, 6.45) is 2.68. The van der Waals surface area contributed by atoms with Crippen LogP contribution in [0, 0.1) is 0 Å². The summed E-state index contributed by atoms with van der Waals surface area (Å²) in [5.74, 6) is -0.0856. The van der Waals surface area contributed by atoms with Crippen LogP contribution < -0.4 is 5.73 Å². The number of piperazine rings is 1. The Labute approximate surface area is 121 Å². The molecule has 1 aliphatic rings. The van der Waals surface area contributed by atoms with E-state index in [1.807, 2.05) is 6.92 Å². The molecule has 0 aromatic heterocycles. The number of hydrogen-bond donors (Lipinski definition) is 1. The van der Waals surface area contributed by atoms with Gasteiger partial charge in [0.15, 0.2) is 0 Å². The standard InChI is InChI=1S/C11H23N3O3S.ClH/c1-4-5-11(2,12)10(15)13-6-8-14(9-7-13)18(3,16)17;/h4-9,12H2,1-3H3;1H. The van der Waals surface area contributed by atoms with Gasteiger partial charge in [-0.2, -0.15) is 4.31 Å². The average Bonchev–Trinajstić information content (AvgIpc) is 2.27. The fraction of sp³-hybridized carbons (Fsp3) is 0.909. The van der Waals surface area contributed by atoms with Gasteiger partial charge in [-0.15, -0.1) is 12.4 Å². The molecule has 0 radical (unpaired) electrons. The Hall–Kier alpha value is -0.370. The highest BCUT2D eigenvalue weighted by atomic mass is 35.5. The van der Waals surface area contributed by atoms with Gasteiger partial charge in [0.05, 0.1) is 11.8 Å². The normalized spacial score (nSPS) is 20.5. The third-order valence-electron chi connectivity index (χ3n) is 3.25. The minimum Gasteiger partial charge on any atom is -0.338 e. The quantitative estimate of drug-likeness (QED) is 0.793. The molecule has 1 aliphatic heterocycles. The number of nitrogens with two attached hydrogens (primary N) is 1. The summed E-state index contributed by atoms with van der Waals surface area (Å²) < 4.78 is 24.1. The third-order valence-corrected chi connectivity index (χ3v) is 4.56. The minimum atomic E-state index is -3.16. The lowest BCUT2D eigenvalue weighted by Crippen LogP contribution is -2.58. The number of hydrogen-bond acceptors (Lipinski definition) is 4. The van der Waals surface area contributed by atoms with Crippen LogP contribution in [-0.4, -0.2) is 61.5 Å². The fourth-order valence-electron chi connectivity index (χ4n) is 2.21. The maximum atomic E-state index is 12.2. The summed E-state index contributed by atoms with van der Waals surface area (Å²) in [7, 11) is -3.16. The molecule has 1 fully saturated rings. The van der Waals surface area contributed by atoms with Crippen molar-refractivity contribution in [2.75, 3.05) is 32.4 Å². The molecular weight excluding hydrogens is 290 g/mol. The Morgan fingerprint density at radius 2 is 1.74 bits per heavy atom. The number of carbonyl (C=O) groups is 1. The van der Waals surface area contributed by atoms with Gasteiger partial charge in [-0.05, 0) is 13.3 Å². The largest absolute Gasteiger partial charge is 0.338 e.